The molecule has 0 spiro atoms. The Morgan fingerprint density at radius 1 is 1.26 bits per heavy atom. The average Bonchev–Trinajstić information content (AvgIpc) is 2.94. The fourth-order valence-electron chi connectivity index (χ4n) is 2.28. The summed E-state index contributed by atoms with van der Waals surface area (Å²) in [4.78, 5) is 9.02. The Balaban J connectivity index is 2.33. The maximum absolute atomic E-state index is 5.95. The number of fused-ring (bicyclic) bond motifs is 1. The Labute approximate surface area is 116 Å². The molecular formula is C15H14ClN3. The summed E-state index contributed by atoms with van der Waals surface area (Å²) in [5, 5.41) is 2.27. The van der Waals surface area contributed by atoms with Crippen LogP contribution in [0.15, 0.2) is 42.7 Å². The molecule has 3 nitrogen and oxygen atoms in total. The molecular weight excluding hydrogens is 258 g/mol. The van der Waals surface area contributed by atoms with Crippen LogP contribution in [0.2, 0.25) is 0 Å². The van der Waals surface area contributed by atoms with Gasteiger partial charge >= 0.3 is 0 Å². The van der Waals surface area contributed by atoms with Crippen LogP contribution in [0.25, 0.3) is 16.6 Å². The van der Waals surface area contributed by atoms with Crippen molar-refractivity contribution in [3.8, 4) is 5.82 Å². The standard InChI is InChI=1S/C15H14ClN3/c1-2-14-17-7-8-19(14)15-13-6-4-3-5-11(13)9-12(10-16)18-15/h3-9H,2,10H2,1H3. The van der Waals surface area contributed by atoms with E-state index in [-0.39, 0.29) is 0 Å². The molecule has 0 aliphatic rings. The van der Waals surface area contributed by atoms with Gasteiger partial charge in [0.15, 0.2) is 0 Å². The first kappa shape index (κ1) is 12.2. The highest BCUT2D eigenvalue weighted by Crippen LogP contribution is 2.23. The van der Waals surface area contributed by atoms with Gasteiger partial charge in [0.25, 0.3) is 0 Å². The summed E-state index contributed by atoms with van der Waals surface area (Å²) < 4.78 is 2.04. The Morgan fingerprint density at radius 2 is 2.11 bits per heavy atom. The van der Waals surface area contributed by atoms with E-state index in [4.69, 9.17) is 11.6 Å². The molecule has 2 aromatic heterocycles. The zero-order valence-electron chi connectivity index (χ0n) is 10.7. The zero-order valence-corrected chi connectivity index (χ0v) is 11.4. The average molecular weight is 272 g/mol. The molecule has 4 heteroatoms. The lowest BCUT2D eigenvalue weighted by Crippen LogP contribution is -2.04. The third-order valence-corrected chi connectivity index (χ3v) is 3.45. The summed E-state index contributed by atoms with van der Waals surface area (Å²) in [5.41, 5.74) is 0.881. The SMILES string of the molecule is CCc1nccn1-c1nc(CCl)cc2ccccc12. The van der Waals surface area contributed by atoms with E-state index in [2.05, 4.69) is 29.0 Å². The Bertz CT molecular complexity index is 718. The normalized spacial score (nSPS) is 11.1. The second-order valence-electron chi connectivity index (χ2n) is 4.36. The minimum atomic E-state index is 0.411. The molecule has 0 saturated carbocycles. The Hall–Kier alpha value is -1.87. The number of hydrogen-bond donors (Lipinski definition) is 0. The van der Waals surface area contributed by atoms with Gasteiger partial charge < -0.3 is 0 Å². The van der Waals surface area contributed by atoms with E-state index in [0.717, 1.165) is 34.5 Å². The number of imidazole rings is 1. The van der Waals surface area contributed by atoms with Gasteiger partial charge in [-0.1, -0.05) is 31.2 Å². The molecule has 3 rings (SSSR count). The number of pyridine rings is 1. The van der Waals surface area contributed by atoms with Crippen molar-refractivity contribution in [2.75, 3.05) is 0 Å². The second kappa shape index (κ2) is 5.02. The molecule has 0 saturated heterocycles. The zero-order chi connectivity index (χ0) is 13.2. The van der Waals surface area contributed by atoms with Crippen LogP contribution < -0.4 is 0 Å². The molecule has 0 N–H and O–H groups in total. The van der Waals surface area contributed by atoms with Crippen LogP contribution in [0.1, 0.15) is 18.4 Å². The van der Waals surface area contributed by atoms with Crippen molar-refractivity contribution in [1.29, 1.82) is 0 Å². The number of rotatable bonds is 3. The van der Waals surface area contributed by atoms with E-state index < -0.39 is 0 Å². The Kier molecular flexibility index (Phi) is 3.22. The lowest BCUT2D eigenvalue weighted by Gasteiger charge is -2.11. The summed E-state index contributed by atoms with van der Waals surface area (Å²) in [6, 6.07) is 10.2. The lowest BCUT2D eigenvalue weighted by molar-refractivity contribution is 0.868. The lowest BCUT2D eigenvalue weighted by atomic mass is 10.1. The largest absolute Gasteiger partial charge is 0.287 e. The molecule has 0 fully saturated rings. The molecule has 0 unspecified atom stereocenters. The maximum atomic E-state index is 5.95. The third-order valence-electron chi connectivity index (χ3n) is 3.17. The van der Waals surface area contributed by atoms with E-state index in [0.29, 0.717) is 5.88 Å². The van der Waals surface area contributed by atoms with Gasteiger partial charge in [0.2, 0.25) is 0 Å². The first-order chi connectivity index (χ1) is 9.33. The van der Waals surface area contributed by atoms with Gasteiger partial charge in [-0.15, -0.1) is 11.6 Å². The second-order valence-corrected chi connectivity index (χ2v) is 4.63. The van der Waals surface area contributed by atoms with Gasteiger partial charge in [0, 0.05) is 24.2 Å². The number of hydrogen-bond acceptors (Lipinski definition) is 2. The number of benzene rings is 1. The van der Waals surface area contributed by atoms with Crippen LogP contribution in [0.3, 0.4) is 0 Å². The minimum Gasteiger partial charge on any atom is -0.287 e. The quantitative estimate of drug-likeness (QED) is 0.680. The highest BCUT2D eigenvalue weighted by molar-refractivity contribution is 6.17. The fourth-order valence-corrected chi connectivity index (χ4v) is 2.41. The van der Waals surface area contributed by atoms with Crippen LogP contribution in [-0.4, -0.2) is 14.5 Å². The molecule has 96 valence electrons. The summed E-state index contributed by atoms with van der Waals surface area (Å²) in [6.07, 6.45) is 4.63. The third kappa shape index (κ3) is 2.10. The van der Waals surface area contributed by atoms with E-state index in [1.54, 1.807) is 0 Å². The topological polar surface area (TPSA) is 30.7 Å². The van der Waals surface area contributed by atoms with E-state index in [1.165, 1.54) is 0 Å². The van der Waals surface area contributed by atoms with Gasteiger partial charge in [-0.2, -0.15) is 0 Å². The van der Waals surface area contributed by atoms with Crippen LogP contribution in [-0.2, 0) is 12.3 Å². The summed E-state index contributed by atoms with van der Waals surface area (Å²) in [7, 11) is 0. The predicted octanol–water partition coefficient (Wildman–Crippen LogP) is 3.72. The first-order valence-corrected chi connectivity index (χ1v) is 6.84. The highest BCUT2D eigenvalue weighted by Gasteiger charge is 2.10. The summed E-state index contributed by atoms with van der Waals surface area (Å²) in [6.45, 7) is 2.09. The molecule has 0 amide bonds. The van der Waals surface area contributed by atoms with Crippen molar-refractivity contribution in [1.82, 2.24) is 14.5 Å². The van der Waals surface area contributed by atoms with E-state index in [9.17, 15) is 0 Å². The molecule has 19 heavy (non-hydrogen) atoms. The number of alkyl halides is 1. The molecule has 0 bridgehead atoms. The van der Waals surface area contributed by atoms with Crippen molar-refractivity contribution >= 4 is 22.4 Å². The monoisotopic (exact) mass is 271 g/mol. The molecule has 0 atom stereocenters. The minimum absolute atomic E-state index is 0.411. The first-order valence-electron chi connectivity index (χ1n) is 6.30. The van der Waals surface area contributed by atoms with Crippen LogP contribution in [0.5, 0.6) is 0 Å². The van der Waals surface area contributed by atoms with Gasteiger partial charge in [-0.3, -0.25) is 4.57 Å². The number of aryl methyl sites for hydroxylation is 1. The molecule has 2 heterocycles. The van der Waals surface area contributed by atoms with Crippen molar-refractivity contribution < 1.29 is 0 Å². The number of halogens is 1. The molecule has 0 aliphatic carbocycles. The van der Waals surface area contributed by atoms with Crippen molar-refractivity contribution in [2.24, 2.45) is 0 Å². The van der Waals surface area contributed by atoms with Gasteiger partial charge in [-0.05, 0) is 11.5 Å². The number of nitrogens with zero attached hydrogens (tertiary/aromatic N) is 3. The summed E-state index contributed by atoms with van der Waals surface area (Å²) >= 11 is 5.95. The maximum Gasteiger partial charge on any atom is 0.146 e. The molecule has 1 aromatic carbocycles. The van der Waals surface area contributed by atoms with E-state index >= 15 is 0 Å². The van der Waals surface area contributed by atoms with E-state index in [1.807, 2.05) is 35.2 Å². The summed E-state index contributed by atoms with van der Waals surface area (Å²) in [5.74, 6) is 2.32. The number of aromatic nitrogens is 3. The molecule has 0 aliphatic heterocycles. The predicted molar refractivity (Wildman–Crippen MR) is 77.8 cm³/mol. The van der Waals surface area contributed by atoms with Gasteiger partial charge in [0.1, 0.15) is 11.6 Å². The van der Waals surface area contributed by atoms with Crippen molar-refractivity contribution in [2.45, 2.75) is 19.2 Å². The Morgan fingerprint density at radius 3 is 2.89 bits per heavy atom. The fraction of sp³-hybridized carbons (Fsp3) is 0.200. The van der Waals surface area contributed by atoms with Gasteiger partial charge in [-0.25, -0.2) is 9.97 Å². The smallest absolute Gasteiger partial charge is 0.146 e. The van der Waals surface area contributed by atoms with Crippen LogP contribution >= 0.6 is 11.6 Å². The van der Waals surface area contributed by atoms with Crippen LogP contribution in [0.4, 0.5) is 0 Å². The molecule has 3 aromatic rings. The van der Waals surface area contributed by atoms with Crippen molar-refractivity contribution in [3.63, 3.8) is 0 Å². The highest BCUT2D eigenvalue weighted by atomic mass is 35.5. The van der Waals surface area contributed by atoms with Crippen molar-refractivity contribution in [3.05, 3.63) is 54.2 Å². The van der Waals surface area contributed by atoms with Crippen LogP contribution in [0, 0.1) is 0 Å². The van der Waals surface area contributed by atoms with Gasteiger partial charge in [0.05, 0.1) is 11.6 Å². The molecule has 0 radical (unpaired) electrons.